The van der Waals surface area contributed by atoms with Crippen LogP contribution >= 0.6 is 31.9 Å². The molecular weight excluding hydrogens is 396 g/mol. The highest BCUT2D eigenvalue weighted by molar-refractivity contribution is 9.11. The van der Waals surface area contributed by atoms with Gasteiger partial charge in [-0.2, -0.15) is 0 Å². The van der Waals surface area contributed by atoms with Gasteiger partial charge in [0, 0.05) is 15.6 Å². The van der Waals surface area contributed by atoms with Gasteiger partial charge in [0.25, 0.3) is 0 Å². The van der Waals surface area contributed by atoms with Gasteiger partial charge in [-0.25, -0.2) is 4.98 Å². The molecular formula is C16H14Br2N2O. The number of hydrogen-bond donors (Lipinski definition) is 1. The highest BCUT2D eigenvalue weighted by atomic mass is 79.9. The highest BCUT2D eigenvalue weighted by Crippen LogP contribution is 2.41. The third kappa shape index (κ3) is 2.38. The van der Waals surface area contributed by atoms with Gasteiger partial charge in [-0.05, 0) is 57.3 Å². The topological polar surface area (TPSA) is 52.0 Å². The molecule has 3 aromatic rings. The van der Waals surface area contributed by atoms with Gasteiger partial charge in [-0.3, -0.25) is 0 Å². The molecule has 0 atom stereocenters. The number of aryl methyl sites for hydroxylation is 2. The van der Waals surface area contributed by atoms with E-state index in [2.05, 4.69) is 50.7 Å². The van der Waals surface area contributed by atoms with Crippen LogP contribution in [0.15, 0.2) is 37.6 Å². The molecule has 0 bridgehead atoms. The number of hydrogen-bond acceptors (Lipinski definition) is 3. The van der Waals surface area contributed by atoms with Crippen molar-refractivity contribution in [1.29, 1.82) is 0 Å². The fourth-order valence-corrected chi connectivity index (χ4v) is 3.69. The Bertz CT molecular complexity index is 823. The first kappa shape index (κ1) is 14.6. The number of nitrogen functional groups attached to an aromatic ring is 1. The van der Waals surface area contributed by atoms with Crippen molar-refractivity contribution in [2.24, 2.45) is 0 Å². The maximum Gasteiger partial charge on any atom is 0.227 e. The molecule has 0 unspecified atom stereocenters. The maximum absolute atomic E-state index is 6.12. The fraction of sp³-hybridized carbons (Fsp3) is 0.188. The van der Waals surface area contributed by atoms with E-state index in [1.165, 1.54) is 5.56 Å². The Kier molecular flexibility index (Phi) is 3.80. The van der Waals surface area contributed by atoms with E-state index in [1.807, 2.05) is 24.3 Å². The molecule has 0 radical (unpaired) electrons. The Labute approximate surface area is 139 Å². The molecule has 1 heterocycles. The van der Waals surface area contributed by atoms with Gasteiger partial charge < -0.3 is 10.2 Å². The average Bonchev–Trinajstić information content (AvgIpc) is 2.91. The maximum atomic E-state index is 6.12. The Balaban J connectivity index is 2.29. The standard InChI is InChI=1S/C16H14Br2N2O/c1-3-10-11(17)13(19)12(18)14-15(10)21-16(20-14)9-6-4-8(2)5-7-9/h4-7H,3,19H2,1-2H3. The first-order chi connectivity index (χ1) is 10.0. The van der Waals surface area contributed by atoms with Crippen LogP contribution < -0.4 is 5.73 Å². The first-order valence-corrected chi connectivity index (χ1v) is 8.24. The van der Waals surface area contributed by atoms with Crippen LogP contribution in [0.2, 0.25) is 0 Å². The molecule has 0 saturated heterocycles. The Morgan fingerprint density at radius 2 is 1.81 bits per heavy atom. The summed E-state index contributed by atoms with van der Waals surface area (Å²) in [4.78, 5) is 4.61. The van der Waals surface area contributed by atoms with Crippen molar-refractivity contribution in [3.05, 3.63) is 44.3 Å². The molecule has 2 aromatic carbocycles. The molecule has 0 amide bonds. The van der Waals surface area contributed by atoms with E-state index in [9.17, 15) is 0 Å². The number of rotatable bonds is 2. The second kappa shape index (κ2) is 5.46. The van der Waals surface area contributed by atoms with E-state index in [4.69, 9.17) is 10.2 Å². The number of aromatic nitrogens is 1. The smallest absolute Gasteiger partial charge is 0.227 e. The number of benzene rings is 2. The van der Waals surface area contributed by atoms with E-state index in [0.29, 0.717) is 11.6 Å². The Morgan fingerprint density at radius 1 is 1.14 bits per heavy atom. The number of fused-ring (bicyclic) bond motifs is 1. The molecule has 1 aromatic heterocycles. The summed E-state index contributed by atoms with van der Waals surface area (Å²) in [6.07, 6.45) is 0.817. The van der Waals surface area contributed by atoms with Gasteiger partial charge in [-0.15, -0.1) is 0 Å². The van der Waals surface area contributed by atoms with Crippen molar-refractivity contribution in [1.82, 2.24) is 4.98 Å². The van der Waals surface area contributed by atoms with Crippen LogP contribution in [0.1, 0.15) is 18.1 Å². The van der Waals surface area contributed by atoms with Crippen molar-refractivity contribution in [3.8, 4) is 11.5 Å². The average molecular weight is 410 g/mol. The van der Waals surface area contributed by atoms with Crippen LogP contribution in [-0.4, -0.2) is 4.98 Å². The largest absolute Gasteiger partial charge is 0.436 e. The Morgan fingerprint density at radius 3 is 2.43 bits per heavy atom. The molecule has 0 saturated carbocycles. The van der Waals surface area contributed by atoms with E-state index in [0.717, 1.165) is 37.6 Å². The zero-order valence-electron chi connectivity index (χ0n) is 11.7. The third-order valence-corrected chi connectivity index (χ3v) is 5.21. The first-order valence-electron chi connectivity index (χ1n) is 6.65. The zero-order chi connectivity index (χ0) is 15.1. The number of nitrogens with zero attached hydrogens (tertiary/aromatic N) is 1. The predicted octanol–water partition coefficient (Wildman–Crippen LogP) is 5.47. The molecule has 0 fully saturated rings. The molecule has 108 valence electrons. The minimum absolute atomic E-state index is 0.609. The van der Waals surface area contributed by atoms with Crippen LogP contribution in [0.5, 0.6) is 0 Å². The van der Waals surface area contributed by atoms with Gasteiger partial charge >= 0.3 is 0 Å². The lowest BCUT2D eigenvalue weighted by Crippen LogP contribution is -1.94. The summed E-state index contributed by atoms with van der Waals surface area (Å²) >= 11 is 7.06. The summed E-state index contributed by atoms with van der Waals surface area (Å²) < 4.78 is 7.64. The monoisotopic (exact) mass is 408 g/mol. The van der Waals surface area contributed by atoms with Gasteiger partial charge in [-0.1, -0.05) is 24.6 Å². The quantitative estimate of drug-likeness (QED) is 0.570. The molecule has 0 aliphatic carbocycles. The van der Waals surface area contributed by atoms with Crippen molar-refractivity contribution in [3.63, 3.8) is 0 Å². The summed E-state index contributed by atoms with van der Waals surface area (Å²) in [5.74, 6) is 0.609. The van der Waals surface area contributed by atoms with Crippen molar-refractivity contribution < 1.29 is 4.42 Å². The normalized spacial score (nSPS) is 11.2. The summed E-state index contributed by atoms with van der Waals surface area (Å²) in [6, 6.07) is 8.12. The van der Waals surface area contributed by atoms with E-state index in [-0.39, 0.29) is 0 Å². The van der Waals surface area contributed by atoms with Crippen LogP contribution in [-0.2, 0) is 6.42 Å². The molecule has 3 rings (SSSR count). The van der Waals surface area contributed by atoms with Gasteiger partial charge in [0.15, 0.2) is 5.58 Å². The lowest BCUT2D eigenvalue weighted by molar-refractivity contribution is 0.615. The van der Waals surface area contributed by atoms with Gasteiger partial charge in [0.05, 0.1) is 10.2 Å². The Hall–Kier alpha value is -1.33. The molecule has 5 heteroatoms. The second-order valence-electron chi connectivity index (χ2n) is 4.94. The number of anilines is 1. The summed E-state index contributed by atoms with van der Waals surface area (Å²) in [5.41, 5.74) is 11.5. The van der Waals surface area contributed by atoms with Gasteiger partial charge in [0.2, 0.25) is 5.89 Å². The van der Waals surface area contributed by atoms with Crippen molar-refractivity contribution >= 4 is 48.6 Å². The fourth-order valence-electron chi connectivity index (χ4n) is 2.29. The molecule has 0 aliphatic rings. The van der Waals surface area contributed by atoms with Gasteiger partial charge in [0.1, 0.15) is 5.52 Å². The van der Waals surface area contributed by atoms with Crippen LogP contribution in [0, 0.1) is 6.92 Å². The third-order valence-electron chi connectivity index (χ3n) is 3.50. The van der Waals surface area contributed by atoms with Crippen molar-refractivity contribution in [2.75, 3.05) is 5.73 Å². The minimum Gasteiger partial charge on any atom is -0.436 e. The molecule has 0 aliphatic heterocycles. The van der Waals surface area contributed by atoms with Crippen LogP contribution in [0.4, 0.5) is 5.69 Å². The second-order valence-corrected chi connectivity index (χ2v) is 6.52. The number of oxazole rings is 1. The lowest BCUT2D eigenvalue weighted by atomic mass is 10.1. The molecule has 21 heavy (non-hydrogen) atoms. The lowest BCUT2D eigenvalue weighted by Gasteiger charge is -2.07. The minimum atomic E-state index is 0.609. The van der Waals surface area contributed by atoms with Crippen molar-refractivity contribution in [2.45, 2.75) is 20.3 Å². The summed E-state index contributed by atoms with van der Waals surface area (Å²) in [5, 5.41) is 0. The van der Waals surface area contributed by atoms with E-state index >= 15 is 0 Å². The molecule has 2 N–H and O–H groups in total. The molecule has 0 spiro atoms. The predicted molar refractivity (Wildman–Crippen MR) is 93.4 cm³/mol. The van der Waals surface area contributed by atoms with E-state index < -0.39 is 0 Å². The van der Waals surface area contributed by atoms with E-state index in [1.54, 1.807) is 0 Å². The highest BCUT2D eigenvalue weighted by Gasteiger charge is 2.19. The van der Waals surface area contributed by atoms with Crippen LogP contribution in [0.25, 0.3) is 22.6 Å². The SMILES string of the molecule is CCc1c(Br)c(N)c(Br)c2nc(-c3ccc(C)cc3)oc12. The van der Waals surface area contributed by atoms with Crippen LogP contribution in [0.3, 0.4) is 0 Å². The number of nitrogens with two attached hydrogens (primary N) is 1. The zero-order valence-corrected chi connectivity index (χ0v) is 14.9. The summed E-state index contributed by atoms with van der Waals surface area (Å²) in [7, 11) is 0. The number of halogens is 2. The summed E-state index contributed by atoms with van der Waals surface area (Å²) in [6.45, 7) is 4.13. The molecule has 3 nitrogen and oxygen atoms in total.